The van der Waals surface area contributed by atoms with E-state index in [-0.39, 0.29) is 24.8 Å². The highest BCUT2D eigenvalue weighted by atomic mass is 35.5. The highest BCUT2D eigenvalue weighted by molar-refractivity contribution is 5.85. The molecule has 1 unspecified atom stereocenters. The molecule has 3 N–H and O–H groups in total. The minimum Gasteiger partial charge on any atom is -0.357 e. The summed E-state index contributed by atoms with van der Waals surface area (Å²) in [6, 6.07) is 11.2. The summed E-state index contributed by atoms with van der Waals surface area (Å²) in [4.78, 5) is 6.11. The number of fused-ring (bicyclic) bond motifs is 3. The number of benzene rings is 1. The van der Waals surface area contributed by atoms with Crippen molar-refractivity contribution in [3.63, 3.8) is 0 Å². The van der Waals surface area contributed by atoms with Crippen LogP contribution in [0.2, 0.25) is 0 Å². The third-order valence-electron chi connectivity index (χ3n) is 4.96. The number of likely N-dealkylation sites (tertiary alicyclic amines) is 1. The molecule has 1 aliphatic heterocycles. The number of H-pyrrole nitrogens is 1. The van der Waals surface area contributed by atoms with Gasteiger partial charge in [0.05, 0.1) is 0 Å². The molecule has 2 aliphatic rings. The van der Waals surface area contributed by atoms with Gasteiger partial charge in [0.25, 0.3) is 0 Å². The lowest BCUT2D eigenvalue weighted by Crippen LogP contribution is -2.48. The molecule has 1 aromatic carbocycles. The molecule has 4 rings (SSSR count). The van der Waals surface area contributed by atoms with E-state index in [1.807, 2.05) is 0 Å². The van der Waals surface area contributed by atoms with Gasteiger partial charge in [-0.2, -0.15) is 0 Å². The van der Waals surface area contributed by atoms with Crippen molar-refractivity contribution in [3.05, 3.63) is 36.0 Å². The highest BCUT2D eigenvalue weighted by Crippen LogP contribution is 2.36. The van der Waals surface area contributed by atoms with E-state index in [0.29, 0.717) is 6.04 Å². The second-order valence-electron chi connectivity index (χ2n) is 6.25. The van der Waals surface area contributed by atoms with Crippen LogP contribution in [0.25, 0.3) is 10.9 Å². The second-order valence-corrected chi connectivity index (χ2v) is 6.25. The SMILES string of the molecule is Cl.Cl.NC1[C@@H]2CC[C@H]1CN(Cc1cc3ccccc3[nH]1)C2. The molecule has 2 fully saturated rings. The minimum absolute atomic E-state index is 0. The molecule has 3 atom stereocenters. The maximum absolute atomic E-state index is 6.27. The van der Waals surface area contributed by atoms with E-state index in [4.69, 9.17) is 5.73 Å². The third kappa shape index (κ3) is 3.07. The van der Waals surface area contributed by atoms with Crippen molar-refractivity contribution >= 4 is 35.7 Å². The number of hydrogen-bond donors (Lipinski definition) is 2. The fraction of sp³-hybridized carbons (Fsp3) is 0.500. The van der Waals surface area contributed by atoms with Crippen LogP contribution in [0.15, 0.2) is 30.3 Å². The Kier molecular flexibility index (Phi) is 5.20. The summed E-state index contributed by atoms with van der Waals surface area (Å²) in [5.74, 6) is 1.45. The van der Waals surface area contributed by atoms with Crippen LogP contribution in [0.3, 0.4) is 0 Å². The monoisotopic (exact) mass is 327 g/mol. The third-order valence-corrected chi connectivity index (χ3v) is 4.96. The smallest absolute Gasteiger partial charge is 0.0456 e. The topological polar surface area (TPSA) is 45.0 Å². The number of nitrogens with two attached hydrogens (primary N) is 1. The average Bonchev–Trinajstić information content (AvgIpc) is 2.87. The number of hydrogen-bond acceptors (Lipinski definition) is 2. The number of aromatic amines is 1. The minimum atomic E-state index is 0. The van der Waals surface area contributed by atoms with Gasteiger partial charge in [0.2, 0.25) is 0 Å². The molecule has 0 amide bonds. The van der Waals surface area contributed by atoms with Crippen LogP contribution >= 0.6 is 24.8 Å². The molecule has 1 saturated heterocycles. The van der Waals surface area contributed by atoms with E-state index in [1.54, 1.807) is 0 Å². The van der Waals surface area contributed by atoms with Gasteiger partial charge in [-0.25, -0.2) is 0 Å². The number of rotatable bonds is 2. The number of nitrogens with one attached hydrogen (secondary N) is 1. The van der Waals surface area contributed by atoms with Crippen molar-refractivity contribution in [3.8, 4) is 0 Å². The van der Waals surface area contributed by atoms with Crippen molar-refractivity contribution in [2.45, 2.75) is 25.4 Å². The summed E-state index contributed by atoms with van der Waals surface area (Å²) in [6.07, 6.45) is 2.66. The number of piperidine rings is 1. The van der Waals surface area contributed by atoms with E-state index in [2.05, 4.69) is 40.2 Å². The van der Waals surface area contributed by atoms with E-state index in [9.17, 15) is 0 Å². The first-order valence-corrected chi connectivity index (χ1v) is 7.34. The van der Waals surface area contributed by atoms with Gasteiger partial charge < -0.3 is 10.7 Å². The van der Waals surface area contributed by atoms with Crippen LogP contribution in [0, 0.1) is 11.8 Å². The van der Waals surface area contributed by atoms with Gasteiger partial charge in [-0.1, -0.05) is 18.2 Å². The molecule has 1 aliphatic carbocycles. The molecule has 1 aromatic heterocycles. The first-order valence-electron chi connectivity index (χ1n) is 7.34. The van der Waals surface area contributed by atoms with Gasteiger partial charge >= 0.3 is 0 Å². The van der Waals surface area contributed by atoms with Gasteiger partial charge in [-0.3, -0.25) is 4.90 Å². The molecule has 2 bridgehead atoms. The Hall–Kier alpha value is -0.740. The molecular formula is C16H23Cl2N3. The standard InChI is InChI=1S/C16H21N3.2ClH/c17-16-12-5-6-13(16)9-19(8-12)10-14-7-11-3-1-2-4-15(11)18-14;;/h1-4,7,12-13,16,18H,5-6,8-10,17H2;2*1H/t12-,13+,16?;;. The molecule has 0 radical (unpaired) electrons. The van der Waals surface area contributed by atoms with Crippen molar-refractivity contribution in [2.24, 2.45) is 17.6 Å². The Labute approximate surface area is 138 Å². The quantitative estimate of drug-likeness (QED) is 0.889. The Balaban J connectivity index is 0.000000807. The van der Waals surface area contributed by atoms with Gasteiger partial charge in [-0.15, -0.1) is 24.8 Å². The van der Waals surface area contributed by atoms with Crippen LogP contribution in [0.5, 0.6) is 0 Å². The van der Waals surface area contributed by atoms with Crippen LogP contribution in [0.4, 0.5) is 0 Å². The summed E-state index contributed by atoms with van der Waals surface area (Å²) < 4.78 is 0. The molecule has 116 valence electrons. The van der Waals surface area contributed by atoms with Crippen molar-refractivity contribution < 1.29 is 0 Å². The summed E-state index contributed by atoms with van der Waals surface area (Å²) in [7, 11) is 0. The first kappa shape index (κ1) is 16.6. The van der Waals surface area contributed by atoms with Crippen LogP contribution in [-0.4, -0.2) is 29.0 Å². The predicted octanol–water partition coefficient (Wildman–Crippen LogP) is 3.18. The summed E-state index contributed by atoms with van der Waals surface area (Å²) >= 11 is 0. The number of halogens is 2. The summed E-state index contributed by atoms with van der Waals surface area (Å²) in [5.41, 5.74) is 8.84. The average molecular weight is 328 g/mol. The van der Waals surface area contributed by atoms with Gasteiger partial charge in [-0.05, 0) is 42.2 Å². The lowest BCUT2D eigenvalue weighted by atomic mass is 9.93. The number of nitrogens with zero attached hydrogens (tertiary/aromatic N) is 1. The first-order chi connectivity index (χ1) is 9.29. The van der Waals surface area contributed by atoms with Gasteiger partial charge in [0, 0.05) is 36.9 Å². The zero-order valence-electron chi connectivity index (χ0n) is 12.0. The van der Waals surface area contributed by atoms with Gasteiger partial charge in [0.1, 0.15) is 0 Å². The van der Waals surface area contributed by atoms with E-state index >= 15 is 0 Å². The normalized spacial score (nSPS) is 28.1. The molecule has 3 nitrogen and oxygen atoms in total. The zero-order valence-corrected chi connectivity index (χ0v) is 13.6. The predicted molar refractivity (Wildman–Crippen MR) is 92.3 cm³/mol. The van der Waals surface area contributed by atoms with Crippen LogP contribution in [-0.2, 0) is 6.54 Å². The van der Waals surface area contributed by atoms with Crippen molar-refractivity contribution in [1.29, 1.82) is 0 Å². The lowest BCUT2D eigenvalue weighted by molar-refractivity contribution is 0.139. The van der Waals surface area contributed by atoms with Crippen molar-refractivity contribution in [1.82, 2.24) is 9.88 Å². The van der Waals surface area contributed by atoms with Crippen molar-refractivity contribution in [2.75, 3.05) is 13.1 Å². The van der Waals surface area contributed by atoms with E-state index in [0.717, 1.165) is 18.4 Å². The Morgan fingerprint density at radius 2 is 1.76 bits per heavy atom. The maximum Gasteiger partial charge on any atom is 0.0456 e. The van der Waals surface area contributed by atoms with E-state index < -0.39 is 0 Å². The number of para-hydroxylation sites is 1. The summed E-state index contributed by atoms with van der Waals surface area (Å²) in [5, 5.41) is 1.31. The lowest BCUT2D eigenvalue weighted by Gasteiger charge is -2.35. The molecule has 5 heteroatoms. The highest BCUT2D eigenvalue weighted by Gasteiger charge is 2.39. The molecular weight excluding hydrogens is 305 g/mol. The molecule has 0 spiro atoms. The maximum atomic E-state index is 6.27. The molecule has 1 saturated carbocycles. The fourth-order valence-corrected chi connectivity index (χ4v) is 3.95. The molecule has 2 aromatic rings. The van der Waals surface area contributed by atoms with Gasteiger partial charge in [0.15, 0.2) is 0 Å². The number of aromatic nitrogens is 1. The summed E-state index contributed by atoms with van der Waals surface area (Å²) in [6.45, 7) is 3.38. The largest absolute Gasteiger partial charge is 0.357 e. The fourth-order valence-electron chi connectivity index (χ4n) is 3.95. The Morgan fingerprint density at radius 3 is 2.43 bits per heavy atom. The van der Waals surface area contributed by atoms with Crippen LogP contribution < -0.4 is 5.73 Å². The molecule has 2 heterocycles. The van der Waals surface area contributed by atoms with Crippen LogP contribution in [0.1, 0.15) is 18.5 Å². The Bertz CT molecular complexity index is 551. The Morgan fingerprint density at radius 1 is 1.10 bits per heavy atom. The zero-order chi connectivity index (χ0) is 12.8. The van der Waals surface area contributed by atoms with E-state index in [1.165, 1.54) is 42.5 Å². The molecule has 21 heavy (non-hydrogen) atoms. The second kappa shape index (κ2) is 6.57.